The van der Waals surface area contributed by atoms with E-state index in [1.807, 2.05) is 0 Å². The lowest BCUT2D eigenvalue weighted by Crippen LogP contribution is -2.52. The monoisotopic (exact) mass is 425 g/mol. The Morgan fingerprint density at radius 2 is 1.86 bits per heavy atom. The Kier molecular flexibility index (Phi) is 7.01. The van der Waals surface area contributed by atoms with Crippen LogP contribution in [0.5, 0.6) is 0 Å². The van der Waals surface area contributed by atoms with Crippen LogP contribution >= 0.6 is 12.2 Å². The van der Waals surface area contributed by atoms with Gasteiger partial charge in [-0.3, -0.25) is 4.84 Å². The summed E-state index contributed by atoms with van der Waals surface area (Å²) in [7, 11) is 0. The van der Waals surface area contributed by atoms with Gasteiger partial charge in [0.1, 0.15) is 6.23 Å². The van der Waals surface area contributed by atoms with Crippen molar-refractivity contribution >= 4 is 17.3 Å². The summed E-state index contributed by atoms with van der Waals surface area (Å²) < 4.78 is 5.75. The first-order valence-corrected chi connectivity index (χ1v) is 12.1. The molecule has 0 aromatic heterocycles. The van der Waals surface area contributed by atoms with E-state index < -0.39 is 0 Å². The topological polar surface area (TPSA) is 66.0 Å². The van der Waals surface area contributed by atoms with E-state index in [0.717, 1.165) is 55.2 Å². The molecule has 5 atom stereocenters. The molecule has 2 heterocycles. The molecule has 2 saturated carbocycles. The molecule has 4 aliphatic rings. The lowest BCUT2D eigenvalue weighted by atomic mass is 9.64. The molecule has 4 rings (SSSR count). The van der Waals surface area contributed by atoms with Gasteiger partial charge in [-0.1, -0.05) is 6.92 Å². The van der Waals surface area contributed by atoms with E-state index in [1.165, 1.54) is 32.1 Å². The van der Waals surface area contributed by atoms with Crippen LogP contribution in [-0.4, -0.2) is 58.8 Å². The van der Waals surface area contributed by atoms with Gasteiger partial charge >= 0.3 is 0 Å². The molecule has 0 amide bonds. The van der Waals surface area contributed by atoms with Crippen molar-refractivity contribution in [1.29, 1.82) is 0 Å². The molecular formula is C22H39N3O3S. The molecule has 0 spiro atoms. The first-order valence-electron chi connectivity index (χ1n) is 11.7. The molecule has 0 radical (unpaired) electrons. The highest BCUT2D eigenvalue weighted by Gasteiger charge is 2.43. The molecule has 4 bridgehead atoms. The Hall–Kier alpha value is -0.470. The second kappa shape index (κ2) is 9.35. The van der Waals surface area contributed by atoms with Crippen molar-refractivity contribution in [3.05, 3.63) is 0 Å². The average Bonchev–Trinajstić information content (AvgIpc) is 2.91. The first kappa shape index (κ1) is 21.8. The Balaban J connectivity index is 1.08. The Labute approximate surface area is 181 Å². The fraction of sp³-hybridized carbons (Fsp3) is 0.955. The quantitative estimate of drug-likeness (QED) is 0.329. The van der Waals surface area contributed by atoms with Gasteiger partial charge in [-0.15, -0.1) is 0 Å². The number of ether oxygens (including phenoxy) is 1. The standard InChI is InChI=1S/C22H39N3O3S/c1-15-7-16-9-17(8-15)13-22(2,12-16)28-24-6-4-3-5-23-21(29)25-18-10-19(26)11-20(25)27-14-18/h15-20,24,26H,3-14H2,1-2H3,(H,23,29). The SMILES string of the molecule is CC1CC2CC(C1)CC(C)(ONCCCCNC(=S)N1C3COC1CC(O)C3)C2. The maximum Gasteiger partial charge on any atom is 0.171 e. The van der Waals surface area contributed by atoms with Gasteiger partial charge in [-0.05, 0) is 88.3 Å². The minimum absolute atomic E-state index is 0.00560. The zero-order chi connectivity index (χ0) is 20.4. The molecule has 0 aromatic rings. The average molecular weight is 426 g/mol. The molecule has 5 unspecified atom stereocenters. The van der Waals surface area contributed by atoms with Gasteiger partial charge in [0.25, 0.3) is 0 Å². The zero-order valence-electron chi connectivity index (χ0n) is 18.1. The number of aliphatic hydroxyl groups is 1. The van der Waals surface area contributed by atoms with E-state index in [4.69, 9.17) is 21.8 Å². The van der Waals surface area contributed by atoms with Crippen LogP contribution in [0, 0.1) is 17.8 Å². The summed E-state index contributed by atoms with van der Waals surface area (Å²) in [5, 5.41) is 14.0. The van der Waals surface area contributed by atoms with Gasteiger partial charge in [0, 0.05) is 19.5 Å². The van der Waals surface area contributed by atoms with Crippen molar-refractivity contribution in [2.24, 2.45) is 17.8 Å². The van der Waals surface area contributed by atoms with E-state index >= 15 is 0 Å². The number of hydrogen-bond donors (Lipinski definition) is 3. The van der Waals surface area contributed by atoms with Gasteiger partial charge in [0.15, 0.2) is 5.11 Å². The molecule has 2 saturated heterocycles. The molecule has 2 aliphatic heterocycles. The fourth-order valence-corrected chi connectivity index (χ4v) is 6.74. The van der Waals surface area contributed by atoms with E-state index in [9.17, 15) is 5.11 Å². The van der Waals surface area contributed by atoms with E-state index in [-0.39, 0.29) is 24.0 Å². The van der Waals surface area contributed by atoms with Gasteiger partial charge in [-0.2, -0.15) is 0 Å². The molecular weight excluding hydrogens is 386 g/mol. The number of hydrogen-bond acceptors (Lipinski definition) is 5. The molecule has 6 nitrogen and oxygen atoms in total. The summed E-state index contributed by atoms with van der Waals surface area (Å²) >= 11 is 5.57. The molecule has 2 aliphatic carbocycles. The Bertz CT molecular complexity index is 546. The maximum absolute atomic E-state index is 9.87. The highest BCUT2D eigenvalue weighted by molar-refractivity contribution is 7.80. The van der Waals surface area contributed by atoms with E-state index in [0.29, 0.717) is 13.0 Å². The molecule has 4 fully saturated rings. The van der Waals surface area contributed by atoms with Crippen LogP contribution in [0.2, 0.25) is 0 Å². The highest BCUT2D eigenvalue weighted by Crippen LogP contribution is 2.47. The largest absolute Gasteiger partial charge is 0.393 e. The zero-order valence-corrected chi connectivity index (χ0v) is 18.9. The van der Waals surface area contributed by atoms with Crippen LogP contribution in [0.3, 0.4) is 0 Å². The van der Waals surface area contributed by atoms with Crippen LogP contribution in [0.1, 0.15) is 71.6 Å². The number of thiocarbonyl (C=S) groups is 1. The third kappa shape index (κ3) is 5.42. The van der Waals surface area contributed by atoms with Crippen LogP contribution in [-0.2, 0) is 9.57 Å². The molecule has 0 aromatic carbocycles. The number of fused-ring (bicyclic) bond motifs is 4. The van der Waals surface area contributed by atoms with Gasteiger partial charge in [-0.25, -0.2) is 5.48 Å². The summed E-state index contributed by atoms with van der Waals surface area (Å²) in [5.41, 5.74) is 3.26. The summed E-state index contributed by atoms with van der Waals surface area (Å²) in [6.45, 7) is 7.11. The third-order valence-corrected chi connectivity index (χ3v) is 7.67. The van der Waals surface area contributed by atoms with Crippen molar-refractivity contribution in [3.63, 3.8) is 0 Å². The number of unbranched alkanes of at least 4 members (excludes halogenated alkanes) is 1. The van der Waals surface area contributed by atoms with Crippen LogP contribution in [0.25, 0.3) is 0 Å². The molecule has 29 heavy (non-hydrogen) atoms. The van der Waals surface area contributed by atoms with E-state index in [1.54, 1.807) is 0 Å². The summed E-state index contributed by atoms with van der Waals surface area (Å²) in [6, 6.07) is 0.220. The molecule has 166 valence electrons. The predicted octanol–water partition coefficient (Wildman–Crippen LogP) is 2.95. The number of aliphatic hydroxyl groups excluding tert-OH is 1. The first-order chi connectivity index (χ1) is 13.9. The smallest absolute Gasteiger partial charge is 0.171 e. The lowest BCUT2D eigenvalue weighted by molar-refractivity contribution is -0.144. The number of nitrogens with zero attached hydrogens (tertiary/aromatic N) is 1. The van der Waals surface area contributed by atoms with Crippen molar-refractivity contribution in [1.82, 2.24) is 15.7 Å². The summed E-state index contributed by atoms with van der Waals surface area (Å²) in [6.07, 6.45) is 9.75. The lowest BCUT2D eigenvalue weighted by Gasteiger charge is -2.46. The van der Waals surface area contributed by atoms with Gasteiger partial charge < -0.3 is 20.1 Å². The van der Waals surface area contributed by atoms with Crippen LogP contribution in [0.15, 0.2) is 0 Å². The number of hydroxylamine groups is 1. The summed E-state index contributed by atoms with van der Waals surface area (Å²) in [5.74, 6) is 2.60. The van der Waals surface area contributed by atoms with Crippen LogP contribution in [0.4, 0.5) is 0 Å². The minimum Gasteiger partial charge on any atom is -0.393 e. The van der Waals surface area contributed by atoms with Crippen molar-refractivity contribution < 1.29 is 14.7 Å². The number of rotatable bonds is 7. The number of piperidine rings is 1. The third-order valence-electron chi connectivity index (χ3n) is 7.32. The second-order valence-corrected chi connectivity index (χ2v) is 10.7. The van der Waals surface area contributed by atoms with Crippen molar-refractivity contribution in [2.45, 2.75) is 95.6 Å². The van der Waals surface area contributed by atoms with E-state index in [2.05, 4.69) is 29.5 Å². The van der Waals surface area contributed by atoms with Gasteiger partial charge in [0.2, 0.25) is 0 Å². The second-order valence-electron chi connectivity index (χ2n) is 10.3. The Morgan fingerprint density at radius 3 is 2.59 bits per heavy atom. The normalized spacial score (nSPS) is 41.4. The summed E-state index contributed by atoms with van der Waals surface area (Å²) in [4.78, 5) is 8.31. The highest BCUT2D eigenvalue weighted by atomic mass is 32.1. The molecule has 3 N–H and O–H groups in total. The minimum atomic E-state index is -0.258. The number of nitrogens with one attached hydrogen (secondary N) is 2. The van der Waals surface area contributed by atoms with Crippen LogP contribution < -0.4 is 10.8 Å². The van der Waals surface area contributed by atoms with Gasteiger partial charge in [0.05, 0.1) is 24.4 Å². The van der Waals surface area contributed by atoms with Crippen molar-refractivity contribution in [3.8, 4) is 0 Å². The molecule has 7 heteroatoms. The predicted molar refractivity (Wildman–Crippen MR) is 117 cm³/mol. The van der Waals surface area contributed by atoms with Crippen molar-refractivity contribution in [2.75, 3.05) is 19.7 Å². The maximum atomic E-state index is 9.87. The fourth-order valence-electron chi connectivity index (χ4n) is 6.37. The Morgan fingerprint density at radius 1 is 1.14 bits per heavy atom.